The van der Waals surface area contributed by atoms with Gasteiger partial charge in [-0.3, -0.25) is 4.79 Å². The number of aromatic nitrogens is 1. The number of fused-ring (bicyclic) bond motifs is 1. The molecule has 4 rings (SSSR count). The summed E-state index contributed by atoms with van der Waals surface area (Å²) in [6, 6.07) is 6.71. The Morgan fingerprint density at radius 3 is 2.69 bits per heavy atom. The van der Waals surface area contributed by atoms with E-state index in [1.165, 1.54) is 16.5 Å². The minimum atomic E-state index is -0.672. The summed E-state index contributed by atoms with van der Waals surface area (Å²) in [6.45, 7) is 10.7. The van der Waals surface area contributed by atoms with Crippen LogP contribution in [0.25, 0.3) is 10.9 Å². The number of hydrogen-bond acceptors (Lipinski definition) is 5. The molecule has 192 valence electrons. The average molecular weight is 486 g/mol. The highest BCUT2D eigenvalue weighted by Crippen LogP contribution is 2.32. The first-order valence-electron chi connectivity index (χ1n) is 12.6. The number of benzene rings is 1. The molecule has 1 aliphatic carbocycles. The third-order valence-corrected chi connectivity index (χ3v) is 6.47. The van der Waals surface area contributed by atoms with Crippen LogP contribution in [0.4, 0.5) is 4.79 Å². The van der Waals surface area contributed by atoms with Crippen molar-refractivity contribution >= 4 is 22.9 Å². The van der Waals surface area contributed by atoms with E-state index in [1.54, 1.807) is 12.0 Å². The number of rotatable bonds is 8. The number of carbonyl (C=O) groups excluding carboxylic acids is 2. The lowest BCUT2D eigenvalue weighted by atomic mass is 10.1. The standard InChI is InChI=1S/C27H39N3O5/c1-19-7-10-22-20(16-28(23(22)15-19)11-6-13-33-5)17-30(21-8-9-21)25(31)24-18-29(12-14-34-24)26(32)35-27(2,3)4/h7,10,15-16,21,24H,6,8-9,11-14,17-18H2,1-5H3/t24-/m1/s1. The molecule has 1 atom stereocenters. The van der Waals surface area contributed by atoms with Crippen molar-refractivity contribution in [2.45, 2.75) is 77.8 Å². The van der Waals surface area contributed by atoms with Crippen molar-refractivity contribution in [3.63, 3.8) is 0 Å². The van der Waals surface area contributed by atoms with Crippen LogP contribution in [-0.2, 0) is 32.1 Å². The highest BCUT2D eigenvalue weighted by atomic mass is 16.6. The lowest BCUT2D eigenvalue weighted by Crippen LogP contribution is -2.53. The van der Waals surface area contributed by atoms with Crippen molar-refractivity contribution < 1.29 is 23.8 Å². The zero-order valence-corrected chi connectivity index (χ0v) is 21.7. The van der Waals surface area contributed by atoms with Gasteiger partial charge in [-0.15, -0.1) is 0 Å². The van der Waals surface area contributed by atoms with E-state index in [4.69, 9.17) is 14.2 Å². The SMILES string of the molecule is COCCCn1cc(CN(C(=O)[C@H]2CN(C(=O)OC(C)(C)C)CCO2)C2CC2)c2ccc(C)cc21. The first-order chi connectivity index (χ1) is 16.7. The summed E-state index contributed by atoms with van der Waals surface area (Å²) in [5.74, 6) is -0.0480. The second kappa shape index (κ2) is 10.6. The Hall–Kier alpha value is -2.58. The zero-order valence-electron chi connectivity index (χ0n) is 21.7. The maximum atomic E-state index is 13.6. The molecule has 0 N–H and O–H groups in total. The molecular weight excluding hydrogens is 446 g/mol. The molecule has 1 aromatic heterocycles. The first kappa shape index (κ1) is 25.5. The van der Waals surface area contributed by atoms with Crippen molar-refractivity contribution in [1.29, 1.82) is 0 Å². The predicted molar refractivity (Wildman–Crippen MR) is 134 cm³/mol. The van der Waals surface area contributed by atoms with Crippen molar-refractivity contribution in [1.82, 2.24) is 14.4 Å². The maximum Gasteiger partial charge on any atom is 0.410 e. The summed E-state index contributed by atoms with van der Waals surface area (Å²) < 4.78 is 18.9. The number of ether oxygens (including phenoxy) is 3. The Labute approximate surface area is 208 Å². The van der Waals surface area contributed by atoms with E-state index < -0.39 is 17.8 Å². The van der Waals surface area contributed by atoms with Gasteiger partial charge in [0.15, 0.2) is 6.10 Å². The molecule has 0 radical (unpaired) electrons. The molecule has 2 heterocycles. The second-order valence-electron chi connectivity index (χ2n) is 10.7. The second-order valence-corrected chi connectivity index (χ2v) is 10.7. The minimum absolute atomic E-state index is 0.0480. The van der Waals surface area contributed by atoms with Gasteiger partial charge in [0.25, 0.3) is 5.91 Å². The van der Waals surface area contributed by atoms with Crippen LogP contribution in [0.5, 0.6) is 0 Å². The molecule has 1 saturated heterocycles. The summed E-state index contributed by atoms with van der Waals surface area (Å²) in [5.41, 5.74) is 2.95. The van der Waals surface area contributed by atoms with Gasteiger partial charge in [0.05, 0.1) is 13.2 Å². The Morgan fingerprint density at radius 2 is 2.00 bits per heavy atom. The molecule has 0 bridgehead atoms. The van der Waals surface area contributed by atoms with Crippen LogP contribution in [0, 0.1) is 6.92 Å². The molecule has 2 aliphatic rings. The van der Waals surface area contributed by atoms with E-state index in [0.717, 1.165) is 31.4 Å². The normalized spacial score (nSPS) is 18.7. The fraction of sp³-hybridized carbons (Fsp3) is 0.630. The molecule has 8 nitrogen and oxygen atoms in total. The van der Waals surface area contributed by atoms with Crippen molar-refractivity contribution in [2.75, 3.05) is 33.4 Å². The lowest BCUT2D eigenvalue weighted by Gasteiger charge is -2.35. The topological polar surface area (TPSA) is 73.2 Å². The predicted octanol–water partition coefficient (Wildman–Crippen LogP) is 4.11. The number of methoxy groups -OCH3 is 1. The van der Waals surface area contributed by atoms with Gasteiger partial charge in [-0.05, 0) is 64.2 Å². The van der Waals surface area contributed by atoms with E-state index in [0.29, 0.717) is 26.3 Å². The van der Waals surface area contributed by atoms with Crippen molar-refractivity contribution in [3.05, 3.63) is 35.5 Å². The monoisotopic (exact) mass is 485 g/mol. The molecule has 1 aromatic carbocycles. The highest BCUT2D eigenvalue weighted by molar-refractivity contribution is 5.86. The molecule has 1 saturated carbocycles. The maximum absolute atomic E-state index is 13.6. The summed E-state index contributed by atoms with van der Waals surface area (Å²) in [6.07, 6.45) is 4.03. The van der Waals surface area contributed by atoms with Crippen LogP contribution in [-0.4, -0.2) is 77.5 Å². The Balaban J connectivity index is 1.51. The largest absolute Gasteiger partial charge is 0.444 e. The molecule has 0 spiro atoms. The van der Waals surface area contributed by atoms with Gasteiger partial charge in [0.1, 0.15) is 5.60 Å². The Morgan fingerprint density at radius 1 is 1.23 bits per heavy atom. The van der Waals surface area contributed by atoms with Crippen LogP contribution in [0.1, 0.15) is 51.2 Å². The number of nitrogens with zero attached hydrogens (tertiary/aromatic N) is 3. The average Bonchev–Trinajstić information content (AvgIpc) is 3.59. The first-order valence-corrected chi connectivity index (χ1v) is 12.6. The molecule has 8 heteroatoms. The van der Waals surface area contributed by atoms with Gasteiger partial charge in [-0.2, -0.15) is 0 Å². The number of hydrogen-bond donors (Lipinski definition) is 0. The number of amides is 2. The summed E-state index contributed by atoms with van der Waals surface area (Å²) in [5, 5.41) is 1.17. The van der Waals surface area contributed by atoms with E-state index in [9.17, 15) is 9.59 Å². The molecule has 2 aromatic rings. The van der Waals surface area contributed by atoms with Crippen molar-refractivity contribution in [3.8, 4) is 0 Å². The molecule has 1 aliphatic heterocycles. The number of morpholine rings is 1. The number of aryl methyl sites for hydroxylation is 2. The van der Waals surface area contributed by atoms with Crippen LogP contribution >= 0.6 is 0 Å². The molecule has 35 heavy (non-hydrogen) atoms. The quantitative estimate of drug-likeness (QED) is 0.526. The van der Waals surface area contributed by atoms with E-state index in [2.05, 4.69) is 35.9 Å². The molecule has 2 amide bonds. The Kier molecular flexibility index (Phi) is 7.71. The van der Waals surface area contributed by atoms with Crippen molar-refractivity contribution in [2.24, 2.45) is 0 Å². The van der Waals surface area contributed by atoms with Crippen LogP contribution in [0.15, 0.2) is 24.4 Å². The summed E-state index contributed by atoms with van der Waals surface area (Å²) >= 11 is 0. The van der Waals surface area contributed by atoms with Gasteiger partial charge in [-0.25, -0.2) is 4.79 Å². The number of carbonyl (C=O) groups is 2. The Bertz CT molecular complexity index is 1050. The zero-order chi connectivity index (χ0) is 25.2. The van der Waals surface area contributed by atoms with Gasteiger partial charge in [0.2, 0.25) is 0 Å². The third kappa shape index (κ3) is 6.35. The van der Waals surface area contributed by atoms with Crippen LogP contribution in [0.2, 0.25) is 0 Å². The van der Waals surface area contributed by atoms with Crippen LogP contribution in [0.3, 0.4) is 0 Å². The van der Waals surface area contributed by atoms with Gasteiger partial charge >= 0.3 is 6.09 Å². The van der Waals surface area contributed by atoms with Gasteiger partial charge in [0, 0.05) is 56.5 Å². The van der Waals surface area contributed by atoms with E-state index in [-0.39, 0.29) is 18.5 Å². The fourth-order valence-electron chi connectivity index (χ4n) is 4.60. The molecule has 2 fully saturated rings. The minimum Gasteiger partial charge on any atom is -0.444 e. The summed E-state index contributed by atoms with van der Waals surface area (Å²) in [4.78, 5) is 29.8. The lowest BCUT2D eigenvalue weighted by molar-refractivity contribution is -0.150. The third-order valence-electron chi connectivity index (χ3n) is 6.47. The van der Waals surface area contributed by atoms with Crippen LogP contribution < -0.4 is 0 Å². The smallest absolute Gasteiger partial charge is 0.410 e. The highest BCUT2D eigenvalue weighted by Gasteiger charge is 2.39. The van der Waals surface area contributed by atoms with E-state index in [1.807, 2.05) is 25.7 Å². The van der Waals surface area contributed by atoms with E-state index >= 15 is 0 Å². The summed E-state index contributed by atoms with van der Waals surface area (Å²) in [7, 11) is 1.72. The molecular formula is C27H39N3O5. The fourth-order valence-corrected chi connectivity index (χ4v) is 4.60. The van der Waals surface area contributed by atoms with Gasteiger partial charge in [-0.1, -0.05) is 12.1 Å². The molecule has 0 unspecified atom stereocenters. The van der Waals surface area contributed by atoms with Gasteiger partial charge < -0.3 is 28.6 Å².